The lowest BCUT2D eigenvalue weighted by molar-refractivity contribution is -0.131. The molecule has 7 heteroatoms. The lowest BCUT2D eigenvalue weighted by atomic mass is 10.2. The van der Waals surface area contributed by atoms with Crippen molar-refractivity contribution in [3.8, 4) is 0 Å². The molecule has 0 atom stereocenters. The summed E-state index contributed by atoms with van der Waals surface area (Å²) in [7, 11) is 0. The van der Waals surface area contributed by atoms with E-state index >= 15 is 0 Å². The second kappa shape index (κ2) is 8.43. The zero-order valence-corrected chi connectivity index (χ0v) is 17.7. The number of hydrogen-bond donors (Lipinski definition) is 1. The van der Waals surface area contributed by atoms with Gasteiger partial charge >= 0.3 is 0 Å². The Balaban J connectivity index is 1.41. The standard InChI is InChI=1S/C22H22ClN3O2S/c1-2-19(27)26-13-11-25(12-14-26)16-9-7-15(8-10-16)24-22(28)21-20(23)17-5-3-4-6-18(17)29-21/h3-10H,2,11-14H2,1H3,(H,24,28). The molecule has 1 aliphatic heterocycles. The van der Waals surface area contributed by atoms with Crippen LogP contribution in [-0.2, 0) is 4.79 Å². The van der Waals surface area contributed by atoms with Crippen LogP contribution < -0.4 is 10.2 Å². The molecule has 0 bridgehead atoms. The van der Waals surface area contributed by atoms with E-state index in [2.05, 4.69) is 10.2 Å². The van der Waals surface area contributed by atoms with Gasteiger partial charge in [-0.25, -0.2) is 0 Å². The van der Waals surface area contributed by atoms with Gasteiger partial charge in [0.2, 0.25) is 5.91 Å². The van der Waals surface area contributed by atoms with Crippen LogP contribution in [-0.4, -0.2) is 42.9 Å². The first kappa shape index (κ1) is 19.7. The fourth-order valence-electron chi connectivity index (χ4n) is 3.54. The van der Waals surface area contributed by atoms with Crippen molar-refractivity contribution in [1.29, 1.82) is 0 Å². The number of anilines is 2. The summed E-state index contributed by atoms with van der Waals surface area (Å²) in [4.78, 5) is 29.2. The average Bonchev–Trinajstić information content (AvgIpc) is 3.11. The summed E-state index contributed by atoms with van der Waals surface area (Å²) in [5, 5.41) is 4.34. The van der Waals surface area contributed by atoms with E-state index in [1.807, 2.05) is 60.4 Å². The van der Waals surface area contributed by atoms with Crippen molar-refractivity contribution in [3.05, 3.63) is 58.4 Å². The highest BCUT2D eigenvalue weighted by molar-refractivity contribution is 7.21. The quantitative estimate of drug-likeness (QED) is 0.646. The number of carbonyl (C=O) groups excluding carboxylic acids is 2. The number of benzene rings is 2. The highest BCUT2D eigenvalue weighted by Crippen LogP contribution is 2.35. The van der Waals surface area contributed by atoms with Gasteiger partial charge < -0.3 is 15.1 Å². The van der Waals surface area contributed by atoms with Crippen LogP contribution in [0, 0.1) is 0 Å². The van der Waals surface area contributed by atoms with Crippen molar-refractivity contribution in [2.45, 2.75) is 13.3 Å². The first-order valence-corrected chi connectivity index (χ1v) is 10.9. The molecule has 1 aromatic heterocycles. The molecule has 1 N–H and O–H groups in total. The third-order valence-corrected chi connectivity index (χ3v) is 6.84. The van der Waals surface area contributed by atoms with Gasteiger partial charge in [0, 0.05) is 54.1 Å². The number of nitrogens with one attached hydrogen (secondary N) is 1. The molecule has 0 aliphatic carbocycles. The van der Waals surface area contributed by atoms with Crippen LogP contribution >= 0.6 is 22.9 Å². The predicted octanol–water partition coefficient (Wildman–Crippen LogP) is 4.87. The molecule has 1 fully saturated rings. The van der Waals surface area contributed by atoms with Crippen LogP contribution in [0.3, 0.4) is 0 Å². The molecule has 0 saturated carbocycles. The van der Waals surface area contributed by atoms with E-state index in [4.69, 9.17) is 11.6 Å². The molecule has 29 heavy (non-hydrogen) atoms. The first-order chi connectivity index (χ1) is 14.1. The third-order valence-electron chi connectivity index (χ3n) is 5.17. The first-order valence-electron chi connectivity index (χ1n) is 9.68. The van der Waals surface area contributed by atoms with E-state index in [1.54, 1.807) is 0 Å². The molecule has 1 aliphatic rings. The van der Waals surface area contributed by atoms with Crippen molar-refractivity contribution in [1.82, 2.24) is 4.90 Å². The number of thiophene rings is 1. The number of nitrogens with zero attached hydrogens (tertiary/aromatic N) is 2. The summed E-state index contributed by atoms with van der Waals surface area (Å²) >= 11 is 7.80. The zero-order chi connectivity index (χ0) is 20.4. The van der Waals surface area contributed by atoms with Crippen molar-refractivity contribution in [2.75, 3.05) is 36.4 Å². The maximum absolute atomic E-state index is 12.7. The number of piperazine rings is 1. The van der Waals surface area contributed by atoms with Gasteiger partial charge in [-0.15, -0.1) is 11.3 Å². The summed E-state index contributed by atoms with van der Waals surface area (Å²) in [6, 6.07) is 15.5. The summed E-state index contributed by atoms with van der Waals surface area (Å²) < 4.78 is 0.999. The topological polar surface area (TPSA) is 52.7 Å². The number of carbonyl (C=O) groups is 2. The van der Waals surface area contributed by atoms with Gasteiger partial charge in [-0.3, -0.25) is 9.59 Å². The van der Waals surface area contributed by atoms with E-state index in [-0.39, 0.29) is 11.8 Å². The van der Waals surface area contributed by atoms with E-state index in [9.17, 15) is 9.59 Å². The third kappa shape index (κ3) is 4.09. The SMILES string of the molecule is CCC(=O)N1CCN(c2ccc(NC(=O)c3sc4ccccc4c3Cl)cc2)CC1. The lowest BCUT2D eigenvalue weighted by Crippen LogP contribution is -2.48. The van der Waals surface area contributed by atoms with Crippen molar-refractivity contribution in [3.63, 3.8) is 0 Å². The molecule has 4 rings (SSSR count). The van der Waals surface area contributed by atoms with E-state index < -0.39 is 0 Å². The van der Waals surface area contributed by atoms with Crippen LogP contribution in [0.25, 0.3) is 10.1 Å². The largest absolute Gasteiger partial charge is 0.368 e. The predicted molar refractivity (Wildman–Crippen MR) is 120 cm³/mol. The minimum atomic E-state index is -0.198. The minimum Gasteiger partial charge on any atom is -0.368 e. The van der Waals surface area contributed by atoms with Crippen LogP contribution in [0.1, 0.15) is 23.0 Å². The van der Waals surface area contributed by atoms with Gasteiger partial charge in [-0.05, 0) is 30.3 Å². The van der Waals surface area contributed by atoms with Gasteiger partial charge in [-0.1, -0.05) is 36.7 Å². The minimum absolute atomic E-state index is 0.198. The van der Waals surface area contributed by atoms with Crippen LogP contribution in [0.4, 0.5) is 11.4 Å². The molecule has 5 nitrogen and oxygen atoms in total. The second-order valence-corrected chi connectivity index (χ2v) is 8.39. The van der Waals surface area contributed by atoms with Crippen molar-refractivity contribution < 1.29 is 9.59 Å². The Bertz CT molecular complexity index is 1040. The Morgan fingerprint density at radius 2 is 1.72 bits per heavy atom. The molecule has 1 saturated heterocycles. The second-order valence-electron chi connectivity index (χ2n) is 6.96. The number of hydrogen-bond acceptors (Lipinski definition) is 4. The van der Waals surface area contributed by atoms with Crippen LogP contribution in [0.15, 0.2) is 48.5 Å². The molecule has 2 amide bonds. The summed E-state index contributed by atoms with van der Waals surface area (Å²) in [6.45, 7) is 5.02. The van der Waals surface area contributed by atoms with Gasteiger partial charge in [0.05, 0.1) is 5.02 Å². The average molecular weight is 428 g/mol. The lowest BCUT2D eigenvalue weighted by Gasteiger charge is -2.36. The fraction of sp³-hybridized carbons (Fsp3) is 0.273. The zero-order valence-electron chi connectivity index (χ0n) is 16.2. The highest BCUT2D eigenvalue weighted by atomic mass is 35.5. The highest BCUT2D eigenvalue weighted by Gasteiger charge is 2.20. The monoisotopic (exact) mass is 427 g/mol. The van der Waals surface area contributed by atoms with Crippen molar-refractivity contribution >= 4 is 56.2 Å². The smallest absolute Gasteiger partial charge is 0.267 e. The summed E-state index contributed by atoms with van der Waals surface area (Å²) in [6.07, 6.45) is 0.554. The Kier molecular flexibility index (Phi) is 5.74. The molecule has 3 aromatic rings. The van der Waals surface area contributed by atoms with Crippen LogP contribution in [0.2, 0.25) is 5.02 Å². The number of fused-ring (bicyclic) bond motifs is 1. The maximum atomic E-state index is 12.7. The molecule has 0 spiro atoms. The Morgan fingerprint density at radius 3 is 2.38 bits per heavy atom. The summed E-state index contributed by atoms with van der Waals surface area (Å²) in [5.74, 6) is 0.0123. The molecular weight excluding hydrogens is 406 g/mol. The molecule has 0 radical (unpaired) electrons. The molecule has 0 unspecified atom stereocenters. The van der Waals surface area contributed by atoms with Gasteiger partial charge in [-0.2, -0.15) is 0 Å². The molecule has 2 heterocycles. The Hall–Kier alpha value is -2.57. The molecule has 2 aromatic carbocycles. The fourth-order valence-corrected chi connectivity index (χ4v) is 4.95. The van der Waals surface area contributed by atoms with Crippen LogP contribution in [0.5, 0.6) is 0 Å². The number of halogens is 1. The van der Waals surface area contributed by atoms with E-state index in [1.165, 1.54) is 11.3 Å². The number of amides is 2. The summed E-state index contributed by atoms with van der Waals surface area (Å²) in [5.41, 5.74) is 1.82. The van der Waals surface area contributed by atoms with Crippen molar-refractivity contribution in [2.24, 2.45) is 0 Å². The van der Waals surface area contributed by atoms with E-state index in [0.29, 0.717) is 16.3 Å². The van der Waals surface area contributed by atoms with Gasteiger partial charge in [0.15, 0.2) is 0 Å². The molecular formula is C22H22ClN3O2S. The van der Waals surface area contributed by atoms with E-state index in [0.717, 1.165) is 47.6 Å². The van der Waals surface area contributed by atoms with Gasteiger partial charge in [0.25, 0.3) is 5.91 Å². The maximum Gasteiger partial charge on any atom is 0.267 e. The Labute approximate surface area is 178 Å². The molecule has 150 valence electrons. The number of rotatable bonds is 4. The normalized spacial score (nSPS) is 14.3. The Morgan fingerprint density at radius 1 is 1.03 bits per heavy atom. The van der Waals surface area contributed by atoms with Gasteiger partial charge in [0.1, 0.15) is 4.88 Å².